The summed E-state index contributed by atoms with van der Waals surface area (Å²) in [5.41, 5.74) is 0. The van der Waals surface area contributed by atoms with Crippen molar-refractivity contribution >= 4 is 11.9 Å². The zero-order valence-corrected chi connectivity index (χ0v) is 41.1. The molecule has 0 spiro atoms. The number of hydrogen-bond acceptors (Lipinski definition) is 5. The van der Waals surface area contributed by atoms with Crippen LogP contribution in [0, 0.1) is 0 Å². The van der Waals surface area contributed by atoms with Gasteiger partial charge in [-0.05, 0) is 38.2 Å². The maximum absolute atomic E-state index is 13.2. The largest absolute Gasteiger partial charge is 0.458 e. The van der Waals surface area contributed by atoms with Crippen molar-refractivity contribution in [3.63, 3.8) is 0 Å². The number of ether oxygens (including phenoxy) is 1. The van der Waals surface area contributed by atoms with Crippen LogP contribution < -0.4 is 5.32 Å². The molecule has 3 unspecified atom stereocenters. The Labute approximate surface area is 380 Å². The number of amides is 1. The van der Waals surface area contributed by atoms with Gasteiger partial charge in [0.1, 0.15) is 6.10 Å². The van der Waals surface area contributed by atoms with E-state index in [9.17, 15) is 19.8 Å². The summed E-state index contributed by atoms with van der Waals surface area (Å²) in [6.07, 6.45) is 57.1. The van der Waals surface area contributed by atoms with Gasteiger partial charge in [0.15, 0.2) is 0 Å². The van der Waals surface area contributed by atoms with Crippen LogP contribution >= 0.6 is 0 Å². The second-order valence-electron chi connectivity index (χ2n) is 18.6. The van der Waals surface area contributed by atoms with Gasteiger partial charge >= 0.3 is 5.97 Å². The number of unbranched alkanes of at least 4 members (excludes halogenated alkanes) is 35. The van der Waals surface area contributed by atoms with Crippen molar-refractivity contribution in [2.75, 3.05) is 6.61 Å². The van der Waals surface area contributed by atoms with Crippen molar-refractivity contribution in [1.29, 1.82) is 0 Å². The zero-order chi connectivity index (χ0) is 44.5. The minimum absolute atomic E-state index is 0.0230. The molecule has 0 aliphatic heterocycles. The van der Waals surface area contributed by atoms with Gasteiger partial charge in [-0.2, -0.15) is 0 Å². The molecule has 0 heterocycles. The van der Waals surface area contributed by atoms with Gasteiger partial charge in [-0.25, -0.2) is 0 Å². The number of esters is 1. The minimum atomic E-state index is -0.806. The highest BCUT2D eigenvalue weighted by atomic mass is 16.5. The predicted octanol–water partition coefficient (Wildman–Crippen LogP) is 16.3. The molecule has 0 aliphatic carbocycles. The van der Waals surface area contributed by atoms with Crippen molar-refractivity contribution in [3.8, 4) is 0 Å². The van der Waals surface area contributed by atoms with E-state index in [1.165, 1.54) is 199 Å². The van der Waals surface area contributed by atoms with Gasteiger partial charge in [-0.1, -0.05) is 264 Å². The fourth-order valence-corrected chi connectivity index (χ4v) is 8.40. The van der Waals surface area contributed by atoms with Gasteiger partial charge in [0.25, 0.3) is 0 Å². The van der Waals surface area contributed by atoms with Crippen molar-refractivity contribution in [2.24, 2.45) is 0 Å². The van der Waals surface area contributed by atoms with Crippen LogP contribution in [-0.2, 0) is 14.3 Å². The van der Waals surface area contributed by atoms with Crippen LogP contribution in [0.4, 0.5) is 0 Å². The van der Waals surface area contributed by atoms with Gasteiger partial charge in [0, 0.05) is 6.42 Å². The average molecular weight is 860 g/mol. The molecule has 1 amide bonds. The third-order valence-corrected chi connectivity index (χ3v) is 12.5. The van der Waals surface area contributed by atoms with Crippen LogP contribution in [0.5, 0.6) is 0 Å². The molecule has 3 N–H and O–H groups in total. The highest BCUT2D eigenvalue weighted by molar-refractivity contribution is 5.78. The predicted molar refractivity (Wildman–Crippen MR) is 264 cm³/mol. The van der Waals surface area contributed by atoms with Crippen molar-refractivity contribution in [1.82, 2.24) is 5.32 Å². The topological polar surface area (TPSA) is 95.9 Å². The summed E-state index contributed by atoms with van der Waals surface area (Å²) in [7, 11) is 0. The van der Waals surface area contributed by atoms with Crippen LogP contribution in [0.1, 0.15) is 290 Å². The van der Waals surface area contributed by atoms with E-state index in [1.54, 1.807) is 0 Å². The summed E-state index contributed by atoms with van der Waals surface area (Å²) in [5, 5.41) is 23.7. The lowest BCUT2D eigenvalue weighted by atomic mass is 10.0. The molecule has 61 heavy (non-hydrogen) atoms. The van der Waals surface area contributed by atoms with Gasteiger partial charge in [-0.3, -0.25) is 9.59 Å². The van der Waals surface area contributed by atoms with Gasteiger partial charge in [0.2, 0.25) is 5.91 Å². The third-order valence-electron chi connectivity index (χ3n) is 12.5. The molecule has 0 aromatic heterocycles. The summed E-state index contributed by atoms with van der Waals surface area (Å²) >= 11 is 0. The monoisotopic (exact) mass is 860 g/mol. The Morgan fingerprint density at radius 2 is 0.869 bits per heavy atom. The SMILES string of the molecule is CCCCCCCC/C=C\C/C=C/C(CC(=O)NC(CO)C(O)CCCCCCCCCCCCCCC)OC(=O)CCCCCCCCCCCCCCCCCCCC. The van der Waals surface area contributed by atoms with Crippen LogP contribution in [-0.4, -0.2) is 46.9 Å². The van der Waals surface area contributed by atoms with Crippen molar-refractivity contribution in [2.45, 2.75) is 309 Å². The second-order valence-corrected chi connectivity index (χ2v) is 18.6. The van der Waals surface area contributed by atoms with E-state index >= 15 is 0 Å². The summed E-state index contributed by atoms with van der Waals surface area (Å²) in [6, 6.07) is -0.727. The van der Waals surface area contributed by atoms with Crippen LogP contribution in [0.3, 0.4) is 0 Å². The van der Waals surface area contributed by atoms with Gasteiger partial charge in [0.05, 0.1) is 25.2 Å². The molecule has 0 bridgehead atoms. The van der Waals surface area contributed by atoms with Crippen LogP contribution in [0.25, 0.3) is 0 Å². The molecule has 0 saturated carbocycles. The van der Waals surface area contributed by atoms with Crippen LogP contribution in [0.2, 0.25) is 0 Å². The average Bonchev–Trinajstić information content (AvgIpc) is 3.25. The maximum atomic E-state index is 13.2. The smallest absolute Gasteiger partial charge is 0.306 e. The molecule has 0 aromatic carbocycles. The quantitative estimate of drug-likeness (QED) is 0.0322. The first-order valence-electron chi connectivity index (χ1n) is 27.1. The normalized spacial score (nSPS) is 13.3. The molecule has 360 valence electrons. The molecular weight excluding hydrogens is 755 g/mol. The van der Waals surface area contributed by atoms with E-state index in [0.717, 1.165) is 51.4 Å². The molecule has 0 rings (SSSR count). The summed E-state index contributed by atoms with van der Waals surface area (Å²) in [4.78, 5) is 26.1. The minimum Gasteiger partial charge on any atom is -0.458 e. The lowest BCUT2D eigenvalue weighted by Gasteiger charge is -2.23. The summed E-state index contributed by atoms with van der Waals surface area (Å²) in [6.45, 7) is 6.47. The Hall–Kier alpha value is -1.66. The van der Waals surface area contributed by atoms with E-state index in [4.69, 9.17) is 4.74 Å². The maximum Gasteiger partial charge on any atom is 0.306 e. The Balaban J connectivity index is 4.51. The highest BCUT2D eigenvalue weighted by Gasteiger charge is 2.23. The van der Waals surface area contributed by atoms with E-state index in [0.29, 0.717) is 12.8 Å². The molecule has 0 saturated heterocycles. The first-order chi connectivity index (χ1) is 30.0. The third kappa shape index (κ3) is 44.7. The Kier molecular flexibility index (Phi) is 48.0. The van der Waals surface area contributed by atoms with Crippen molar-refractivity contribution in [3.05, 3.63) is 24.3 Å². The van der Waals surface area contributed by atoms with Crippen LogP contribution in [0.15, 0.2) is 24.3 Å². The number of hydrogen-bond donors (Lipinski definition) is 3. The van der Waals surface area contributed by atoms with Crippen molar-refractivity contribution < 1.29 is 24.5 Å². The lowest BCUT2D eigenvalue weighted by Crippen LogP contribution is -2.46. The molecule has 0 fully saturated rings. The zero-order valence-electron chi connectivity index (χ0n) is 41.1. The molecule has 0 aliphatic rings. The number of nitrogens with one attached hydrogen (secondary N) is 1. The van der Waals surface area contributed by atoms with Gasteiger partial charge < -0.3 is 20.3 Å². The van der Waals surface area contributed by atoms with E-state index in [1.807, 2.05) is 12.2 Å². The summed E-state index contributed by atoms with van der Waals surface area (Å²) < 4.78 is 5.84. The molecular formula is C55H105NO5. The molecule has 0 aromatic rings. The molecule has 3 atom stereocenters. The Morgan fingerprint density at radius 3 is 1.28 bits per heavy atom. The first kappa shape index (κ1) is 59.3. The van der Waals surface area contributed by atoms with E-state index in [2.05, 4.69) is 38.2 Å². The Bertz CT molecular complexity index is 966. The highest BCUT2D eigenvalue weighted by Crippen LogP contribution is 2.17. The number of carbonyl (C=O) groups excluding carboxylic acids is 2. The second kappa shape index (κ2) is 49.4. The molecule has 0 radical (unpaired) electrons. The lowest BCUT2D eigenvalue weighted by molar-refractivity contribution is -0.148. The number of aliphatic hydroxyl groups is 2. The number of aliphatic hydroxyl groups excluding tert-OH is 2. The summed E-state index contributed by atoms with van der Waals surface area (Å²) in [5.74, 6) is -0.587. The molecule has 6 heteroatoms. The Morgan fingerprint density at radius 1 is 0.492 bits per heavy atom. The standard InChI is InChI=1S/C55H105NO5/c1-4-7-10-13-16-19-22-24-25-26-27-28-30-33-36-39-42-45-48-55(60)61-51(46-43-40-37-34-31-21-18-15-12-9-6-3)49-54(59)56-52(50-57)53(58)47-44-41-38-35-32-29-23-20-17-14-11-8-5-2/h34,37,43,46,51-53,57-58H,4-33,35-36,38-42,44-45,47-50H2,1-3H3,(H,56,59)/b37-34-,46-43+. The van der Waals surface area contributed by atoms with Gasteiger partial charge in [-0.15, -0.1) is 0 Å². The van der Waals surface area contributed by atoms with E-state index < -0.39 is 18.2 Å². The number of rotatable bonds is 49. The molecule has 6 nitrogen and oxygen atoms in total. The number of carbonyl (C=O) groups is 2. The fourth-order valence-electron chi connectivity index (χ4n) is 8.40. The first-order valence-corrected chi connectivity index (χ1v) is 27.1. The fraction of sp³-hybridized carbons (Fsp3) is 0.891. The van der Waals surface area contributed by atoms with E-state index in [-0.39, 0.29) is 24.9 Å². The number of allylic oxidation sites excluding steroid dienone is 3.